The van der Waals surface area contributed by atoms with Gasteiger partial charge in [-0.25, -0.2) is 0 Å². The predicted octanol–water partition coefficient (Wildman–Crippen LogP) is 4.42. The molecule has 132 valence electrons. The van der Waals surface area contributed by atoms with E-state index >= 15 is 0 Å². The number of ether oxygens (including phenoxy) is 1. The first-order valence-electron chi connectivity index (χ1n) is 9.00. The summed E-state index contributed by atoms with van der Waals surface area (Å²) in [6, 6.07) is 10.6. The normalized spacial score (nSPS) is 23.8. The van der Waals surface area contributed by atoms with E-state index in [-0.39, 0.29) is 16.9 Å². The van der Waals surface area contributed by atoms with Gasteiger partial charge >= 0.3 is 0 Å². The smallest absolute Gasteiger partial charge is 0.137 e. The summed E-state index contributed by atoms with van der Waals surface area (Å²) in [6.45, 7) is 6.90. The standard InChI is InChI=1S/C20H29NO2S/c1-20(2,3)24(22)21(15-16-9-5-4-6-10-16)19(17-12-13-17)18-11-7-8-14-23-18/h4-6,8-10,14,17-19H,7,11-13,15H2,1-3H3/t18-,19+,24+/m0/s1. The van der Waals surface area contributed by atoms with Crippen molar-refractivity contribution in [2.45, 2.75) is 69.9 Å². The minimum atomic E-state index is -1.06. The first-order valence-corrected chi connectivity index (χ1v) is 10.1. The third-order valence-corrected chi connectivity index (χ3v) is 6.55. The van der Waals surface area contributed by atoms with Crippen LogP contribution in [0.25, 0.3) is 0 Å². The van der Waals surface area contributed by atoms with Crippen LogP contribution in [0.4, 0.5) is 0 Å². The van der Waals surface area contributed by atoms with Crippen molar-refractivity contribution in [1.29, 1.82) is 0 Å². The van der Waals surface area contributed by atoms with Gasteiger partial charge < -0.3 is 9.29 Å². The first-order chi connectivity index (χ1) is 11.5. The van der Waals surface area contributed by atoms with E-state index in [4.69, 9.17) is 4.74 Å². The zero-order chi connectivity index (χ0) is 17.2. The molecule has 24 heavy (non-hydrogen) atoms. The van der Waals surface area contributed by atoms with Crippen LogP contribution >= 0.6 is 0 Å². The molecule has 3 nitrogen and oxygen atoms in total. The Morgan fingerprint density at radius 3 is 2.46 bits per heavy atom. The number of nitrogens with zero attached hydrogens (tertiary/aromatic N) is 1. The van der Waals surface area contributed by atoms with E-state index < -0.39 is 11.4 Å². The van der Waals surface area contributed by atoms with Crippen LogP contribution in [0.5, 0.6) is 0 Å². The van der Waals surface area contributed by atoms with E-state index in [1.807, 2.05) is 12.3 Å². The molecule has 0 saturated heterocycles. The zero-order valence-corrected chi connectivity index (χ0v) is 15.8. The maximum absolute atomic E-state index is 13.3. The minimum absolute atomic E-state index is 0.150. The summed E-state index contributed by atoms with van der Waals surface area (Å²) in [4.78, 5) is 0. The van der Waals surface area contributed by atoms with Gasteiger partial charge in [0.05, 0.1) is 18.8 Å². The van der Waals surface area contributed by atoms with Crippen LogP contribution in [-0.2, 0) is 22.6 Å². The van der Waals surface area contributed by atoms with Crippen LogP contribution in [0.3, 0.4) is 0 Å². The second kappa shape index (κ2) is 7.51. The average Bonchev–Trinajstić information content (AvgIpc) is 3.39. The third kappa shape index (κ3) is 4.35. The van der Waals surface area contributed by atoms with Gasteiger partial charge in [-0.15, -0.1) is 4.31 Å². The Balaban J connectivity index is 1.87. The summed E-state index contributed by atoms with van der Waals surface area (Å²) in [5.41, 5.74) is 1.21. The van der Waals surface area contributed by atoms with Gasteiger partial charge in [-0.1, -0.05) is 30.3 Å². The van der Waals surface area contributed by atoms with Crippen LogP contribution in [0.15, 0.2) is 42.7 Å². The van der Waals surface area contributed by atoms with Crippen molar-refractivity contribution >= 4 is 11.4 Å². The molecular formula is C20H29NO2S. The Bertz CT molecular complexity index is 551. The van der Waals surface area contributed by atoms with Crippen LogP contribution in [0.1, 0.15) is 52.0 Å². The summed E-state index contributed by atoms with van der Waals surface area (Å²) in [5.74, 6) is 0.608. The predicted molar refractivity (Wildman–Crippen MR) is 99.6 cm³/mol. The van der Waals surface area contributed by atoms with Gasteiger partial charge in [0.25, 0.3) is 0 Å². The van der Waals surface area contributed by atoms with Crippen LogP contribution in [0, 0.1) is 5.92 Å². The molecular weight excluding hydrogens is 318 g/mol. The summed E-state index contributed by atoms with van der Waals surface area (Å²) in [7, 11) is 0. The lowest BCUT2D eigenvalue weighted by Crippen LogP contribution is -2.53. The Labute approximate surface area is 149 Å². The molecule has 0 amide bonds. The highest BCUT2D eigenvalue weighted by molar-refractivity contribution is 7.90. The second-order valence-corrected chi connectivity index (χ2v) is 10.1. The summed E-state index contributed by atoms with van der Waals surface area (Å²) in [6.07, 6.45) is 8.59. The number of hydrogen-bond acceptors (Lipinski definition) is 3. The molecule has 1 heterocycles. The first kappa shape index (κ1) is 17.8. The SMILES string of the molecule is CC(C)(C)[S@@+]([O-])N(Cc1ccccc1)[C@H](C1CC1)[C@@H]1CCC=CO1. The highest BCUT2D eigenvalue weighted by Crippen LogP contribution is 2.42. The number of benzene rings is 1. The van der Waals surface area contributed by atoms with Gasteiger partial charge in [0, 0.05) is 11.4 Å². The Kier molecular flexibility index (Phi) is 5.58. The van der Waals surface area contributed by atoms with E-state index in [9.17, 15) is 4.55 Å². The third-order valence-electron chi connectivity index (χ3n) is 4.70. The van der Waals surface area contributed by atoms with Crippen molar-refractivity contribution in [3.63, 3.8) is 0 Å². The number of hydrogen-bond donors (Lipinski definition) is 0. The monoisotopic (exact) mass is 347 g/mol. The molecule has 0 N–H and O–H groups in total. The quantitative estimate of drug-likeness (QED) is 0.715. The number of allylic oxidation sites excluding steroid dienone is 1. The van der Waals surface area contributed by atoms with Gasteiger partial charge in [0.2, 0.25) is 0 Å². The number of rotatable bonds is 6. The van der Waals surface area contributed by atoms with Crippen LogP contribution in [0.2, 0.25) is 0 Å². The van der Waals surface area contributed by atoms with Gasteiger partial charge in [0.15, 0.2) is 0 Å². The van der Waals surface area contributed by atoms with E-state index in [1.54, 1.807) is 0 Å². The molecule has 1 fully saturated rings. The fraction of sp³-hybridized carbons (Fsp3) is 0.600. The molecule has 1 aromatic rings. The van der Waals surface area contributed by atoms with Crippen LogP contribution < -0.4 is 0 Å². The second-order valence-electron chi connectivity index (χ2n) is 7.87. The van der Waals surface area contributed by atoms with E-state index in [2.05, 4.69) is 55.4 Å². The molecule has 0 aromatic heterocycles. The summed E-state index contributed by atoms with van der Waals surface area (Å²) < 4.78 is 21.3. The van der Waals surface area contributed by atoms with E-state index in [0.717, 1.165) is 19.4 Å². The van der Waals surface area contributed by atoms with Crippen molar-refractivity contribution in [3.05, 3.63) is 48.2 Å². The fourth-order valence-corrected chi connectivity index (χ4v) is 4.85. The molecule has 1 aliphatic carbocycles. The van der Waals surface area contributed by atoms with Crippen molar-refractivity contribution < 1.29 is 9.29 Å². The topological polar surface area (TPSA) is 35.5 Å². The van der Waals surface area contributed by atoms with Gasteiger partial charge in [0.1, 0.15) is 10.9 Å². The molecule has 0 radical (unpaired) electrons. The lowest BCUT2D eigenvalue weighted by atomic mass is 9.99. The lowest BCUT2D eigenvalue weighted by molar-refractivity contribution is 0.0437. The van der Waals surface area contributed by atoms with Gasteiger partial charge in [-0.2, -0.15) is 0 Å². The zero-order valence-electron chi connectivity index (χ0n) is 15.0. The molecule has 3 rings (SSSR count). The Morgan fingerprint density at radius 2 is 1.92 bits per heavy atom. The summed E-state index contributed by atoms with van der Waals surface area (Å²) in [5, 5.41) is 0. The maximum atomic E-state index is 13.3. The molecule has 0 spiro atoms. The van der Waals surface area contributed by atoms with Crippen molar-refractivity contribution in [3.8, 4) is 0 Å². The highest BCUT2D eigenvalue weighted by atomic mass is 32.2. The van der Waals surface area contributed by atoms with Gasteiger partial charge in [-0.05, 0) is 64.0 Å². The fourth-order valence-electron chi connectivity index (χ4n) is 3.36. The molecule has 1 aromatic carbocycles. The molecule has 4 heteroatoms. The van der Waals surface area contributed by atoms with E-state index in [1.165, 1.54) is 18.4 Å². The molecule has 1 saturated carbocycles. The molecule has 0 bridgehead atoms. The van der Waals surface area contributed by atoms with Gasteiger partial charge in [-0.3, -0.25) is 0 Å². The summed E-state index contributed by atoms with van der Waals surface area (Å²) >= 11 is -1.06. The largest absolute Gasteiger partial charge is 0.597 e. The molecule has 0 unspecified atom stereocenters. The van der Waals surface area contributed by atoms with Crippen LogP contribution in [-0.4, -0.2) is 25.8 Å². The van der Waals surface area contributed by atoms with Crippen molar-refractivity contribution in [2.75, 3.05) is 0 Å². The van der Waals surface area contributed by atoms with E-state index in [0.29, 0.717) is 5.92 Å². The Hall–Kier alpha value is -0.970. The lowest BCUT2D eigenvalue weighted by Gasteiger charge is -2.40. The minimum Gasteiger partial charge on any atom is -0.597 e. The van der Waals surface area contributed by atoms with Crippen molar-refractivity contribution in [2.24, 2.45) is 5.92 Å². The average molecular weight is 348 g/mol. The molecule has 3 atom stereocenters. The molecule has 2 aliphatic rings. The van der Waals surface area contributed by atoms with Crippen molar-refractivity contribution in [1.82, 2.24) is 4.31 Å². The molecule has 1 aliphatic heterocycles. The highest BCUT2D eigenvalue weighted by Gasteiger charge is 2.48. The Morgan fingerprint density at radius 1 is 1.21 bits per heavy atom. The maximum Gasteiger partial charge on any atom is 0.137 e.